The number of hydrogen-bond donors (Lipinski definition) is 2. The molecule has 0 radical (unpaired) electrons. The molecule has 0 spiro atoms. The molecule has 1 amide bonds. The molecule has 0 atom stereocenters. The Kier molecular flexibility index (Phi) is 6.22. The number of carbonyl (C=O) groups excluding carboxylic acids is 1. The third-order valence-electron chi connectivity index (χ3n) is 6.58. The van der Waals surface area contributed by atoms with Crippen molar-refractivity contribution < 1.29 is 9.90 Å². The van der Waals surface area contributed by atoms with Crippen LogP contribution in [0.25, 0.3) is 27.8 Å². The normalized spacial score (nSPS) is 14.5. The molecule has 1 aromatic heterocycles. The molecule has 4 heteroatoms. The highest BCUT2D eigenvalue weighted by molar-refractivity contribution is 5.94. The van der Waals surface area contributed by atoms with E-state index >= 15 is 0 Å². The molecule has 0 bridgehead atoms. The Morgan fingerprint density at radius 2 is 1.71 bits per heavy atom. The van der Waals surface area contributed by atoms with Gasteiger partial charge in [0.25, 0.3) is 5.91 Å². The smallest absolute Gasteiger partial charge is 0.251 e. The lowest BCUT2D eigenvalue weighted by Crippen LogP contribution is -2.33. The van der Waals surface area contributed by atoms with Gasteiger partial charge in [-0.2, -0.15) is 0 Å². The van der Waals surface area contributed by atoms with Crippen LogP contribution in [0.5, 0.6) is 0 Å². The maximum Gasteiger partial charge on any atom is 0.251 e. The average Bonchev–Trinajstić information content (AvgIpc) is 3.54. The van der Waals surface area contributed by atoms with Crippen LogP contribution in [-0.2, 0) is 5.41 Å². The molecule has 1 aliphatic carbocycles. The van der Waals surface area contributed by atoms with Gasteiger partial charge in [0.05, 0.1) is 5.60 Å². The van der Waals surface area contributed by atoms with Crippen molar-refractivity contribution in [3.63, 3.8) is 0 Å². The fraction of sp³-hybridized carbons (Fsp3) is 0.333. The van der Waals surface area contributed by atoms with Gasteiger partial charge in [0.2, 0.25) is 0 Å². The zero-order valence-electron chi connectivity index (χ0n) is 20.8. The van der Waals surface area contributed by atoms with Crippen molar-refractivity contribution in [2.45, 2.75) is 58.5 Å². The first-order chi connectivity index (χ1) is 15.9. The number of aliphatic hydroxyl groups is 1. The molecule has 176 valence electrons. The summed E-state index contributed by atoms with van der Waals surface area (Å²) in [7, 11) is 0. The molecule has 2 N–H and O–H groups in total. The third-order valence-corrected chi connectivity index (χ3v) is 6.58. The Balaban J connectivity index is 1.64. The Morgan fingerprint density at radius 3 is 2.29 bits per heavy atom. The minimum atomic E-state index is -0.701. The second-order valence-corrected chi connectivity index (χ2v) is 10.7. The van der Waals surface area contributed by atoms with Gasteiger partial charge in [0.15, 0.2) is 0 Å². The summed E-state index contributed by atoms with van der Waals surface area (Å²) in [5.41, 5.74) is 8.48. The Labute approximate surface area is 202 Å². The predicted molar refractivity (Wildman–Crippen MR) is 140 cm³/mol. The summed E-state index contributed by atoms with van der Waals surface area (Å²) in [4.78, 5) is 17.1. The van der Waals surface area contributed by atoms with Gasteiger partial charge in [0, 0.05) is 35.1 Å². The second-order valence-electron chi connectivity index (χ2n) is 10.7. The molecular formula is C30H34N2O2. The lowest BCUT2D eigenvalue weighted by atomic mass is 9.83. The summed E-state index contributed by atoms with van der Waals surface area (Å²) < 4.78 is 0. The zero-order valence-corrected chi connectivity index (χ0v) is 20.8. The van der Waals surface area contributed by atoms with Crippen LogP contribution in [0.3, 0.4) is 0 Å². The summed E-state index contributed by atoms with van der Waals surface area (Å²) in [6.45, 7) is 15.1. The number of pyridine rings is 1. The van der Waals surface area contributed by atoms with Gasteiger partial charge in [-0.25, -0.2) is 0 Å². The number of amides is 1. The maximum absolute atomic E-state index is 12.4. The third kappa shape index (κ3) is 5.28. The van der Waals surface area contributed by atoms with Crippen LogP contribution in [0, 0.1) is 6.92 Å². The molecule has 3 aromatic rings. The van der Waals surface area contributed by atoms with E-state index in [0.29, 0.717) is 12.1 Å². The quantitative estimate of drug-likeness (QED) is 0.459. The number of aromatic nitrogens is 1. The Bertz CT molecular complexity index is 1250. The van der Waals surface area contributed by atoms with Crippen molar-refractivity contribution in [3.8, 4) is 22.3 Å². The van der Waals surface area contributed by atoms with Crippen LogP contribution < -0.4 is 5.32 Å². The molecule has 34 heavy (non-hydrogen) atoms. The maximum atomic E-state index is 12.4. The van der Waals surface area contributed by atoms with Gasteiger partial charge in [-0.3, -0.25) is 9.78 Å². The van der Waals surface area contributed by atoms with E-state index in [1.54, 1.807) is 0 Å². The number of carbonyl (C=O) groups is 1. The molecule has 1 heterocycles. The fourth-order valence-electron chi connectivity index (χ4n) is 3.93. The molecule has 1 fully saturated rings. The summed E-state index contributed by atoms with van der Waals surface area (Å²) in [6, 6.07) is 16.4. The van der Waals surface area contributed by atoms with Crippen molar-refractivity contribution in [2.24, 2.45) is 0 Å². The number of rotatable bonds is 6. The molecule has 0 unspecified atom stereocenters. The van der Waals surface area contributed by atoms with E-state index in [2.05, 4.69) is 61.9 Å². The monoisotopic (exact) mass is 454 g/mol. The molecule has 4 nitrogen and oxygen atoms in total. The van der Waals surface area contributed by atoms with E-state index in [9.17, 15) is 9.90 Å². The van der Waals surface area contributed by atoms with E-state index < -0.39 is 5.60 Å². The van der Waals surface area contributed by atoms with Gasteiger partial charge < -0.3 is 10.4 Å². The van der Waals surface area contributed by atoms with Crippen molar-refractivity contribution >= 4 is 11.5 Å². The minimum Gasteiger partial charge on any atom is -0.388 e. The number of nitrogens with one attached hydrogen (secondary N) is 1. The molecule has 0 aliphatic heterocycles. The molecule has 4 rings (SSSR count). The molecule has 1 aliphatic rings. The van der Waals surface area contributed by atoms with Crippen molar-refractivity contribution in [1.82, 2.24) is 10.3 Å². The van der Waals surface area contributed by atoms with Crippen LogP contribution in [-0.4, -0.2) is 28.1 Å². The highest BCUT2D eigenvalue weighted by Gasteiger charge is 2.40. The molecule has 2 aromatic carbocycles. The Hall–Kier alpha value is -3.24. The number of benzene rings is 2. The zero-order chi connectivity index (χ0) is 24.7. The van der Waals surface area contributed by atoms with Crippen LogP contribution in [0.15, 0.2) is 61.3 Å². The molecule has 1 saturated carbocycles. The van der Waals surface area contributed by atoms with Gasteiger partial charge in [-0.1, -0.05) is 57.2 Å². The van der Waals surface area contributed by atoms with Gasteiger partial charge in [0.1, 0.15) is 0 Å². The second kappa shape index (κ2) is 8.84. The van der Waals surface area contributed by atoms with Crippen LogP contribution >= 0.6 is 0 Å². The minimum absolute atomic E-state index is 0.0206. The predicted octanol–water partition coefficient (Wildman–Crippen LogP) is 6.31. The van der Waals surface area contributed by atoms with Gasteiger partial charge in [-0.05, 0) is 78.6 Å². The largest absolute Gasteiger partial charge is 0.388 e. The number of nitrogens with zero attached hydrogens (tertiary/aromatic N) is 1. The van der Waals surface area contributed by atoms with Crippen LogP contribution in [0.2, 0.25) is 0 Å². The fourth-order valence-corrected chi connectivity index (χ4v) is 3.93. The lowest BCUT2D eigenvalue weighted by molar-refractivity contribution is 0.0896. The summed E-state index contributed by atoms with van der Waals surface area (Å²) in [5, 5.41) is 12.8. The summed E-state index contributed by atoms with van der Waals surface area (Å²) in [6.07, 6.45) is 3.43. The molecule has 0 saturated heterocycles. The van der Waals surface area contributed by atoms with E-state index in [4.69, 9.17) is 0 Å². The first-order valence-electron chi connectivity index (χ1n) is 11.8. The average molecular weight is 455 g/mol. The van der Waals surface area contributed by atoms with E-state index in [0.717, 1.165) is 51.9 Å². The highest BCUT2D eigenvalue weighted by Crippen LogP contribution is 2.35. The topological polar surface area (TPSA) is 62.2 Å². The van der Waals surface area contributed by atoms with E-state index in [1.807, 2.05) is 44.3 Å². The van der Waals surface area contributed by atoms with E-state index in [1.165, 1.54) is 5.56 Å². The van der Waals surface area contributed by atoms with E-state index in [-0.39, 0.29) is 11.3 Å². The standard InChI is InChI=1S/C30H34N2O2/c1-19(2)23-13-24(15-26(14-23)29(4,5)6)25-16-27(20(3)31-17-25)21-7-9-22(10-8-21)28(33)32-18-30(34)11-12-30/h7-10,13-17,34H,1,11-12,18H2,2-6H3,(H,32,33). The van der Waals surface area contributed by atoms with Gasteiger partial charge >= 0.3 is 0 Å². The molecular weight excluding hydrogens is 420 g/mol. The summed E-state index contributed by atoms with van der Waals surface area (Å²) in [5.74, 6) is -0.165. The Morgan fingerprint density at radius 1 is 1.03 bits per heavy atom. The SMILES string of the molecule is C=C(C)c1cc(-c2cnc(C)c(-c3ccc(C(=O)NCC4(O)CC4)cc3)c2)cc(C(C)(C)C)c1. The van der Waals surface area contributed by atoms with Crippen LogP contribution in [0.4, 0.5) is 0 Å². The van der Waals surface area contributed by atoms with Crippen molar-refractivity contribution in [1.29, 1.82) is 0 Å². The van der Waals surface area contributed by atoms with Crippen molar-refractivity contribution in [3.05, 3.63) is 83.7 Å². The number of allylic oxidation sites excluding steroid dienone is 1. The highest BCUT2D eigenvalue weighted by atomic mass is 16.3. The first-order valence-corrected chi connectivity index (χ1v) is 11.8. The first kappa shape index (κ1) is 23.9. The number of hydrogen-bond acceptors (Lipinski definition) is 3. The lowest BCUT2D eigenvalue weighted by Gasteiger charge is -2.22. The van der Waals surface area contributed by atoms with Crippen molar-refractivity contribution in [2.75, 3.05) is 6.54 Å². The van der Waals surface area contributed by atoms with Gasteiger partial charge in [-0.15, -0.1) is 0 Å². The summed E-state index contributed by atoms with van der Waals surface area (Å²) >= 11 is 0. The number of aryl methyl sites for hydroxylation is 1. The van der Waals surface area contributed by atoms with Crippen LogP contribution in [0.1, 0.15) is 67.7 Å².